The summed E-state index contributed by atoms with van der Waals surface area (Å²) in [5, 5.41) is 11.8. The molecule has 0 aliphatic heterocycles. The molecule has 0 amide bonds. The van der Waals surface area contributed by atoms with E-state index in [1.807, 2.05) is 51.1 Å². The van der Waals surface area contributed by atoms with Gasteiger partial charge in [-0.05, 0) is 95.9 Å². The third kappa shape index (κ3) is 5.30. The van der Waals surface area contributed by atoms with Gasteiger partial charge in [-0.3, -0.25) is 4.79 Å². The number of rotatable bonds is 7. The summed E-state index contributed by atoms with van der Waals surface area (Å²) in [7, 11) is 5.92. The number of carbonyl (C=O) groups is 2. The van der Waals surface area contributed by atoms with E-state index in [0.29, 0.717) is 29.0 Å². The minimum atomic E-state index is -0.514. The maximum Gasteiger partial charge on any atom is 0.343 e. The number of Topliss-reactive ketones (excluding diaryl/α,β-unsaturated/α-hetero) is 1. The van der Waals surface area contributed by atoms with Crippen molar-refractivity contribution in [2.75, 3.05) is 0 Å². The molecule has 0 bridgehead atoms. The van der Waals surface area contributed by atoms with Crippen molar-refractivity contribution in [3.05, 3.63) is 106 Å². The highest BCUT2D eigenvalue weighted by molar-refractivity contribution is 6.28. The van der Waals surface area contributed by atoms with Crippen LogP contribution in [0.2, 0.25) is 5.82 Å². The van der Waals surface area contributed by atoms with E-state index in [2.05, 4.69) is 18.2 Å². The van der Waals surface area contributed by atoms with Crippen LogP contribution in [0.15, 0.2) is 72.8 Å². The fourth-order valence-electron chi connectivity index (χ4n) is 6.00. The van der Waals surface area contributed by atoms with E-state index >= 15 is 0 Å². The van der Waals surface area contributed by atoms with Crippen LogP contribution in [0.3, 0.4) is 0 Å². The summed E-state index contributed by atoms with van der Waals surface area (Å²) in [6.07, 6.45) is 6.20. The number of aryl methyl sites for hydroxylation is 2. The SMILES string of the molecule is [B]C(CC)C(=O)c1ccc2cc(C(=O)Oc3ccc(C4(c5ccc(O)c(C)c5)CCCCC4)cc3C)ccc2c1. The highest BCUT2D eigenvalue weighted by Crippen LogP contribution is 2.46. The lowest BCUT2D eigenvalue weighted by Gasteiger charge is -2.39. The van der Waals surface area contributed by atoms with E-state index < -0.39 is 11.8 Å². The molecule has 4 aromatic carbocycles. The van der Waals surface area contributed by atoms with Crippen LogP contribution in [-0.4, -0.2) is 24.7 Å². The Kier molecular flexibility index (Phi) is 7.84. The Hall–Kier alpha value is -3.86. The van der Waals surface area contributed by atoms with Gasteiger partial charge < -0.3 is 9.84 Å². The number of benzene rings is 4. The summed E-state index contributed by atoms with van der Waals surface area (Å²) >= 11 is 0. The molecule has 1 atom stereocenters. The Morgan fingerprint density at radius 3 is 2.05 bits per heavy atom. The lowest BCUT2D eigenvalue weighted by molar-refractivity contribution is 0.0733. The van der Waals surface area contributed by atoms with Crippen LogP contribution in [-0.2, 0) is 5.41 Å². The summed E-state index contributed by atoms with van der Waals surface area (Å²) in [6.45, 7) is 5.81. The number of fused-ring (bicyclic) bond motifs is 1. The van der Waals surface area contributed by atoms with Crippen LogP contribution < -0.4 is 4.74 Å². The van der Waals surface area contributed by atoms with Gasteiger partial charge in [0, 0.05) is 11.0 Å². The molecule has 1 unspecified atom stereocenters. The number of esters is 1. The third-order valence-corrected chi connectivity index (χ3v) is 8.52. The third-order valence-electron chi connectivity index (χ3n) is 8.52. The topological polar surface area (TPSA) is 63.6 Å². The van der Waals surface area contributed by atoms with Gasteiger partial charge >= 0.3 is 5.97 Å². The summed E-state index contributed by atoms with van der Waals surface area (Å²) in [5.74, 6) is -0.165. The minimum absolute atomic E-state index is 0.0811. The van der Waals surface area contributed by atoms with Crippen LogP contribution in [0.1, 0.15) is 88.4 Å². The summed E-state index contributed by atoms with van der Waals surface area (Å²) in [4.78, 5) is 25.6. The molecule has 202 valence electrons. The van der Waals surface area contributed by atoms with Crippen molar-refractivity contribution in [2.45, 2.75) is 70.5 Å². The van der Waals surface area contributed by atoms with Crippen molar-refractivity contribution in [1.82, 2.24) is 0 Å². The predicted molar refractivity (Wildman–Crippen MR) is 161 cm³/mol. The molecule has 0 aromatic heterocycles. The molecule has 4 aromatic rings. The first-order chi connectivity index (χ1) is 19.2. The number of phenolic OH excluding ortho intramolecular Hbond substituents is 1. The van der Waals surface area contributed by atoms with Crippen molar-refractivity contribution in [1.29, 1.82) is 0 Å². The molecule has 1 N–H and O–H groups in total. The van der Waals surface area contributed by atoms with Gasteiger partial charge in [-0.1, -0.05) is 75.1 Å². The van der Waals surface area contributed by atoms with E-state index in [-0.39, 0.29) is 11.2 Å². The van der Waals surface area contributed by atoms with Gasteiger partial charge in [-0.25, -0.2) is 4.79 Å². The first-order valence-electron chi connectivity index (χ1n) is 14.2. The molecule has 0 spiro atoms. The second kappa shape index (κ2) is 11.3. The highest BCUT2D eigenvalue weighted by atomic mass is 16.5. The number of ether oxygens (including phenoxy) is 1. The van der Waals surface area contributed by atoms with Crippen molar-refractivity contribution in [3.8, 4) is 11.5 Å². The predicted octanol–water partition coefficient (Wildman–Crippen LogP) is 8.18. The van der Waals surface area contributed by atoms with E-state index in [4.69, 9.17) is 12.6 Å². The normalized spacial score (nSPS) is 15.5. The van der Waals surface area contributed by atoms with Gasteiger partial charge in [0.05, 0.1) is 13.4 Å². The standard InChI is InChI=1S/C35H35BO4/c1-4-30(36)33(38)26-10-8-25-21-27(11-9-24(25)20-26)34(39)40-32-15-13-29(19-23(32)3)35(16-6-5-7-17-35)28-12-14-31(37)22(2)18-28/h8-15,18-21,30,37H,4-7,16-17H2,1-3H3. The van der Waals surface area contributed by atoms with Crippen molar-refractivity contribution >= 4 is 30.4 Å². The minimum Gasteiger partial charge on any atom is -0.508 e. The number of hydrogen-bond donors (Lipinski definition) is 1. The average molecular weight is 530 g/mol. The maximum atomic E-state index is 13.1. The van der Waals surface area contributed by atoms with Gasteiger partial charge in [0.25, 0.3) is 0 Å². The number of phenols is 1. The zero-order valence-corrected chi connectivity index (χ0v) is 23.5. The Labute approximate surface area is 237 Å². The summed E-state index contributed by atoms with van der Waals surface area (Å²) in [6, 6.07) is 22.9. The molecule has 1 saturated carbocycles. The molecule has 40 heavy (non-hydrogen) atoms. The molecule has 0 saturated heterocycles. The van der Waals surface area contributed by atoms with E-state index in [1.54, 1.807) is 24.3 Å². The average Bonchev–Trinajstić information content (AvgIpc) is 2.98. The molecular formula is C35H35BO4. The number of hydrogen-bond acceptors (Lipinski definition) is 4. The lowest BCUT2D eigenvalue weighted by atomic mass is 9.65. The van der Waals surface area contributed by atoms with Gasteiger partial charge in [-0.15, -0.1) is 0 Å². The van der Waals surface area contributed by atoms with Crippen LogP contribution in [0, 0.1) is 13.8 Å². The van der Waals surface area contributed by atoms with Gasteiger partial charge in [0.15, 0.2) is 5.78 Å². The molecule has 5 rings (SSSR count). The van der Waals surface area contributed by atoms with Crippen molar-refractivity contribution < 1.29 is 19.4 Å². The molecule has 0 heterocycles. The maximum absolute atomic E-state index is 13.1. The smallest absolute Gasteiger partial charge is 0.343 e. The van der Waals surface area contributed by atoms with Gasteiger partial charge in [0.2, 0.25) is 0 Å². The van der Waals surface area contributed by atoms with Crippen LogP contribution >= 0.6 is 0 Å². The van der Waals surface area contributed by atoms with Crippen LogP contribution in [0.5, 0.6) is 11.5 Å². The second-order valence-electron chi connectivity index (χ2n) is 11.2. The highest BCUT2D eigenvalue weighted by Gasteiger charge is 2.36. The van der Waals surface area contributed by atoms with E-state index in [1.165, 1.54) is 17.5 Å². The molecule has 4 nitrogen and oxygen atoms in total. The molecule has 2 radical (unpaired) electrons. The zero-order chi connectivity index (χ0) is 28.4. The number of carbonyl (C=O) groups excluding carboxylic acids is 2. The van der Waals surface area contributed by atoms with Crippen LogP contribution in [0.4, 0.5) is 0 Å². The monoisotopic (exact) mass is 530 g/mol. The summed E-state index contributed by atoms with van der Waals surface area (Å²) < 4.78 is 5.86. The Morgan fingerprint density at radius 2 is 1.43 bits per heavy atom. The molecule has 5 heteroatoms. The molecule has 1 aliphatic carbocycles. The second-order valence-corrected chi connectivity index (χ2v) is 11.2. The fourth-order valence-corrected chi connectivity index (χ4v) is 6.00. The largest absolute Gasteiger partial charge is 0.508 e. The summed E-state index contributed by atoms with van der Waals surface area (Å²) in [5.41, 5.74) is 5.13. The van der Waals surface area contributed by atoms with E-state index in [0.717, 1.165) is 47.6 Å². The zero-order valence-electron chi connectivity index (χ0n) is 23.5. The Bertz CT molecular complexity index is 1580. The fraction of sp³-hybridized carbons (Fsp3) is 0.314. The lowest BCUT2D eigenvalue weighted by Crippen LogP contribution is -2.30. The molecule has 1 aliphatic rings. The number of ketones is 1. The van der Waals surface area contributed by atoms with Gasteiger partial charge in [0.1, 0.15) is 11.5 Å². The van der Waals surface area contributed by atoms with Crippen molar-refractivity contribution in [3.63, 3.8) is 0 Å². The van der Waals surface area contributed by atoms with Gasteiger partial charge in [-0.2, -0.15) is 0 Å². The number of aromatic hydroxyl groups is 1. The van der Waals surface area contributed by atoms with Crippen LogP contribution in [0.25, 0.3) is 10.8 Å². The van der Waals surface area contributed by atoms with E-state index in [9.17, 15) is 14.7 Å². The quantitative estimate of drug-likeness (QED) is 0.113. The Balaban J connectivity index is 1.39. The molecular weight excluding hydrogens is 495 g/mol. The first kappa shape index (κ1) is 27.7. The Morgan fingerprint density at radius 1 is 0.825 bits per heavy atom. The first-order valence-corrected chi connectivity index (χ1v) is 14.2. The van der Waals surface area contributed by atoms with Crippen molar-refractivity contribution in [2.24, 2.45) is 0 Å². The molecule has 1 fully saturated rings.